The minimum Gasteiger partial charge on any atom is -0.480 e. The average Bonchev–Trinajstić information content (AvgIpc) is 3.14. The number of aryl methyl sites for hydroxylation is 2. The third-order valence-electron chi connectivity index (χ3n) is 7.95. The second-order valence-corrected chi connectivity index (χ2v) is 12.1. The molecule has 258 valence electrons. The minimum absolute atomic E-state index is 0.133. The van der Waals surface area contributed by atoms with Crippen molar-refractivity contribution in [3.05, 3.63) is 135 Å². The van der Waals surface area contributed by atoms with E-state index in [1.807, 2.05) is 19.1 Å². The van der Waals surface area contributed by atoms with Crippen molar-refractivity contribution >= 4 is 40.4 Å². The molecule has 0 radical (unpaired) electrons. The number of pyridine rings is 2. The van der Waals surface area contributed by atoms with Gasteiger partial charge in [0, 0.05) is 60.7 Å². The highest BCUT2D eigenvalue weighted by molar-refractivity contribution is 8.00. The van der Waals surface area contributed by atoms with Crippen LogP contribution in [0.25, 0.3) is 27.7 Å². The van der Waals surface area contributed by atoms with Gasteiger partial charge in [-0.25, -0.2) is 32.9 Å². The maximum absolute atomic E-state index is 15.1. The number of amides is 1. The first-order valence-electron chi connectivity index (χ1n) is 15.4. The fourth-order valence-electron chi connectivity index (χ4n) is 5.15. The van der Waals surface area contributed by atoms with Gasteiger partial charge in [0.25, 0.3) is 11.5 Å². The lowest BCUT2D eigenvalue weighted by atomic mass is 10.1. The molecule has 4 heterocycles. The van der Waals surface area contributed by atoms with E-state index in [4.69, 9.17) is 0 Å². The van der Waals surface area contributed by atoms with Crippen LogP contribution in [-0.2, 0) is 24.7 Å². The van der Waals surface area contributed by atoms with Crippen molar-refractivity contribution in [3.8, 4) is 16.8 Å². The number of fused-ring (bicyclic) bond motifs is 1. The largest absolute Gasteiger partial charge is 0.480 e. The number of hydrogen-bond donors (Lipinski definition) is 3. The molecular weight excluding hydrogens is 682 g/mol. The number of carboxylic acids is 1. The van der Waals surface area contributed by atoms with E-state index in [0.29, 0.717) is 16.5 Å². The number of rotatable bonds is 11. The van der Waals surface area contributed by atoms with Crippen LogP contribution < -0.4 is 21.3 Å². The number of anilines is 1. The number of carbonyl (C=O) groups excluding carboxylic acids is 1. The lowest BCUT2D eigenvalue weighted by molar-refractivity contribution is -0.139. The summed E-state index contributed by atoms with van der Waals surface area (Å²) >= 11 is 1.03. The molecule has 0 saturated carbocycles. The second-order valence-electron chi connectivity index (χ2n) is 11.2. The highest BCUT2D eigenvalue weighted by atomic mass is 32.2. The lowest BCUT2D eigenvalue weighted by Gasteiger charge is -2.16. The SMILES string of the molecule is CCc1ncc(-c2ccc(SNc3cc(F)c(C(=O)N[C@@H](Cc4ccc(-n5c(=O)c6ccncc6n(C)c5=O)cn4)C(=O)O)cc3F)cc2)cn1. The number of nitrogens with zero attached hydrogens (tertiary/aromatic N) is 6. The van der Waals surface area contributed by atoms with Crippen molar-refractivity contribution in [2.45, 2.75) is 30.7 Å². The fourth-order valence-corrected chi connectivity index (χ4v) is 5.81. The first-order valence-corrected chi connectivity index (χ1v) is 16.2. The molecule has 1 atom stereocenters. The van der Waals surface area contributed by atoms with E-state index in [-0.39, 0.29) is 28.9 Å². The molecule has 6 rings (SSSR count). The van der Waals surface area contributed by atoms with E-state index in [9.17, 15) is 24.3 Å². The Morgan fingerprint density at radius 2 is 1.67 bits per heavy atom. The molecular formula is C35H28F2N8O5S. The summed E-state index contributed by atoms with van der Waals surface area (Å²) in [5.74, 6) is -3.88. The van der Waals surface area contributed by atoms with Crippen LogP contribution >= 0.6 is 11.9 Å². The van der Waals surface area contributed by atoms with Gasteiger partial charge in [-0.15, -0.1) is 0 Å². The number of aliphatic carboxylic acids is 1. The number of halogens is 2. The molecule has 0 unspecified atom stereocenters. The number of hydrogen-bond acceptors (Lipinski definition) is 10. The molecule has 0 bridgehead atoms. The van der Waals surface area contributed by atoms with Gasteiger partial charge in [-0.2, -0.15) is 0 Å². The van der Waals surface area contributed by atoms with Gasteiger partial charge >= 0.3 is 11.7 Å². The third-order valence-corrected chi connectivity index (χ3v) is 8.78. The summed E-state index contributed by atoms with van der Waals surface area (Å²) in [7, 11) is 1.49. The maximum Gasteiger partial charge on any atom is 0.335 e. The molecule has 0 aliphatic carbocycles. The Kier molecular flexibility index (Phi) is 9.95. The van der Waals surface area contributed by atoms with E-state index in [1.54, 1.807) is 24.5 Å². The summed E-state index contributed by atoms with van der Waals surface area (Å²) in [6.45, 7) is 1.96. The van der Waals surface area contributed by atoms with Gasteiger partial charge in [0.15, 0.2) is 0 Å². The molecule has 0 fully saturated rings. The molecule has 1 amide bonds. The molecule has 2 aromatic carbocycles. The highest BCUT2D eigenvalue weighted by Crippen LogP contribution is 2.28. The normalized spacial score (nSPS) is 11.7. The molecule has 4 aromatic heterocycles. The molecule has 13 nitrogen and oxygen atoms in total. The maximum atomic E-state index is 15.1. The summed E-state index contributed by atoms with van der Waals surface area (Å²) < 4.78 is 35.0. The summed E-state index contributed by atoms with van der Waals surface area (Å²) in [5, 5.41) is 12.3. The van der Waals surface area contributed by atoms with Crippen molar-refractivity contribution in [1.82, 2.24) is 34.4 Å². The van der Waals surface area contributed by atoms with Gasteiger partial charge < -0.3 is 15.1 Å². The second kappa shape index (κ2) is 14.7. The summed E-state index contributed by atoms with van der Waals surface area (Å²) in [5.41, 5.74) is 0.226. The zero-order valence-electron chi connectivity index (χ0n) is 27.0. The zero-order valence-corrected chi connectivity index (χ0v) is 27.8. The van der Waals surface area contributed by atoms with Gasteiger partial charge in [-0.1, -0.05) is 19.1 Å². The van der Waals surface area contributed by atoms with E-state index >= 15 is 8.78 Å². The van der Waals surface area contributed by atoms with Crippen LogP contribution in [0.2, 0.25) is 0 Å². The van der Waals surface area contributed by atoms with Gasteiger partial charge in [0.2, 0.25) is 0 Å². The molecule has 51 heavy (non-hydrogen) atoms. The van der Waals surface area contributed by atoms with Gasteiger partial charge in [-0.05, 0) is 53.9 Å². The zero-order chi connectivity index (χ0) is 36.2. The summed E-state index contributed by atoms with van der Waals surface area (Å²) in [4.78, 5) is 68.4. The predicted octanol–water partition coefficient (Wildman–Crippen LogP) is 4.32. The van der Waals surface area contributed by atoms with Gasteiger partial charge in [-0.3, -0.25) is 24.1 Å². The molecule has 0 aliphatic heterocycles. The topological polar surface area (TPSA) is 174 Å². The van der Waals surface area contributed by atoms with E-state index in [2.05, 4.69) is 30.0 Å². The Balaban J connectivity index is 1.11. The van der Waals surface area contributed by atoms with Crippen LogP contribution in [0.1, 0.15) is 28.8 Å². The minimum atomic E-state index is -1.57. The van der Waals surface area contributed by atoms with Crippen molar-refractivity contribution in [2.24, 2.45) is 7.05 Å². The van der Waals surface area contributed by atoms with Crippen molar-refractivity contribution in [1.29, 1.82) is 0 Å². The fraction of sp³-hybridized carbons (Fsp3) is 0.143. The van der Waals surface area contributed by atoms with Crippen LogP contribution in [0.3, 0.4) is 0 Å². The first kappa shape index (κ1) is 34.6. The molecule has 0 spiro atoms. The highest BCUT2D eigenvalue weighted by Gasteiger charge is 2.25. The van der Waals surface area contributed by atoms with Gasteiger partial charge in [0.05, 0.1) is 40.2 Å². The number of benzene rings is 2. The number of carboxylic acid groups (broad SMARTS) is 1. The third kappa shape index (κ3) is 7.35. The monoisotopic (exact) mass is 710 g/mol. The van der Waals surface area contributed by atoms with E-state index in [0.717, 1.165) is 46.0 Å². The Morgan fingerprint density at radius 1 is 0.922 bits per heavy atom. The van der Waals surface area contributed by atoms with Crippen LogP contribution in [-0.4, -0.2) is 52.1 Å². The Labute approximate surface area is 292 Å². The number of aromatic nitrogens is 6. The molecule has 6 aromatic rings. The molecule has 0 aliphatic rings. The standard InChI is InChI=1S/C35H28F2N8O5S/c1-3-31-40-15-20(16-41-31)19-4-8-23(9-5-19)51-43-28-14-26(36)25(13-27(28)37)32(46)42-29(34(48)49)12-21-6-7-22(17-39-21)45-33(47)24-10-11-38-18-30(24)44(2)35(45)50/h4-11,13-18,29,43H,3,12H2,1-2H3,(H,42,46)(H,48,49)/t29-/m0/s1. The predicted molar refractivity (Wildman–Crippen MR) is 186 cm³/mol. The average molecular weight is 711 g/mol. The Morgan fingerprint density at radius 3 is 2.33 bits per heavy atom. The molecule has 16 heteroatoms. The Bertz CT molecular complexity index is 2390. The van der Waals surface area contributed by atoms with E-state index in [1.165, 1.54) is 48.4 Å². The van der Waals surface area contributed by atoms with Crippen LogP contribution in [0.5, 0.6) is 0 Å². The Hall–Kier alpha value is -6.29. The smallest absolute Gasteiger partial charge is 0.335 e. The van der Waals surface area contributed by atoms with Crippen LogP contribution in [0.15, 0.2) is 100 Å². The van der Waals surface area contributed by atoms with Crippen molar-refractivity contribution in [2.75, 3.05) is 4.72 Å². The van der Waals surface area contributed by atoms with Crippen LogP contribution in [0.4, 0.5) is 14.5 Å². The molecule has 3 N–H and O–H groups in total. The number of nitrogens with one attached hydrogen (secondary N) is 2. The van der Waals surface area contributed by atoms with Crippen molar-refractivity contribution < 1.29 is 23.5 Å². The van der Waals surface area contributed by atoms with Crippen molar-refractivity contribution in [3.63, 3.8) is 0 Å². The summed E-state index contributed by atoms with van der Waals surface area (Å²) in [6, 6.07) is 11.5. The number of carbonyl (C=O) groups is 2. The van der Waals surface area contributed by atoms with Crippen LogP contribution in [0, 0.1) is 11.6 Å². The van der Waals surface area contributed by atoms with E-state index < -0.39 is 46.4 Å². The first-order chi connectivity index (χ1) is 24.5. The molecule has 0 saturated heterocycles. The van der Waals surface area contributed by atoms with Gasteiger partial charge in [0.1, 0.15) is 23.5 Å². The quantitative estimate of drug-likeness (QED) is 0.163. The lowest BCUT2D eigenvalue weighted by Crippen LogP contribution is -2.42. The summed E-state index contributed by atoms with van der Waals surface area (Å²) in [6.07, 6.45) is 7.90.